The van der Waals surface area contributed by atoms with Crippen LogP contribution in [0, 0.1) is 5.92 Å². The van der Waals surface area contributed by atoms with Crippen molar-refractivity contribution in [2.45, 2.75) is 88.4 Å². The molecular formula is C31H38N2O2. The first-order chi connectivity index (χ1) is 16.9. The molecule has 35 heavy (non-hydrogen) atoms. The monoisotopic (exact) mass is 470 g/mol. The van der Waals surface area contributed by atoms with E-state index in [-0.39, 0.29) is 16.7 Å². The molecule has 1 saturated heterocycles. The molecule has 2 fully saturated rings. The van der Waals surface area contributed by atoms with Crippen LogP contribution in [-0.2, 0) is 4.74 Å². The first kappa shape index (κ1) is 23.1. The van der Waals surface area contributed by atoms with Gasteiger partial charge in [0.05, 0.1) is 11.2 Å². The van der Waals surface area contributed by atoms with E-state index in [4.69, 9.17) is 4.74 Å². The van der Waals surface area contributed by atoms with Crippen LogP contribution in [0.5, 0.6) is 0 Å². The Morgan fingerprint density at radius 2 is 2.09 bits per heavy atom. The lowest BCUT2D eigenvalue weighted by atomic mass is 9.69. The molecule has 2 aliphatic carbocycles. The highest BCUT2D eigenvalue weighted by Gasteiger charge is 2.62. The summed E-state index contributed by atoms with van der Waals surface area (Å²) in [7, 11) is 1.80. The summed E-state index contributed by atoms with van der Waals surface area (Å²) in [6.07, 6.45) is 20.6. The van der Waals surface area contributed by atoms with Crippen LogP contribution >= 0.6 is 0 Å². The van der Waals surface area contributed by atoms with Crippen molar-refractivity contribution < 1.29 is 9.94 Å². The Kier molecular flexibility index (Phi) is 5.55. The number of nitrogens with zero attached hydrogens (tertiary/aromatic N) is 2. The lowest BCUT2D eigenvalue weighted by Crippen LogP contribution is -2.55. The van der Waals surface area contributed by atoms with Crippen molar-refractivity contribution in [2.75, 3.05) is 7.05 Å². The van der Waals surface area contributed by atoms with Gasteiger partial charge in [0, 0.05) is 36.8 Å². The van der Waals surface area contributed by atoms with Crippen LogP contribution in [0.1, 0.15) is 77.2 Å². The fraction of sp³-hybridized carbons (Fsp3) is 0.516. The van der Waals surface area contributed by atoms with Gasteiger partial charge in [-0.3, -0.25) is 4.98 Å². The molecule has 2 aromatic rings. The van der Waals surface area contributed by atoms with Crippen LogP contribution in [0.2, 0.25) is 0 Å². The molecule has 4 nitrogen and oxygen atoms in total. The van der Waals surface area contributed by atoms with Gasteiger partial charge in [-0.15, -0.1) is 0 Å². The van der Waals surface area contributed by atoms with Crippen molar-refractivity contribution in [1.82, 2.24) is 10.0 Å². The average Bonchev–Trinajstić information content (AvgIpc) is 3.48. The maximum atomic E-state index is 10.5. The predicted octanol–water partition coefficient (Wildman–Crippen LogP) is 7.25. The van der Waals surface area contributed by atoms with E-state index < -0.39 is 0 Å². The van der Waals surface area contributed by atoms with Gasteiger partial charge in [-0.25, -0.2) is 0 Å². The first-order valence-electron chi connectivity index (χ1n) is 13.5. The summed E-state index contributed by atoms with van der Waals surface area (Å²) in [4.78, 5) is 4.32. The average molecular weight is 471 g/mol. The number of hydrogen-bond donors (Lipinski definition) is 1. The van der Waals surface area contributed by atoms with Gasteiger partial charge in [0.15, 0.2) is 0 Å². The van der Waals surface area contributed by atoms with Crippen molar-refractivity contribution >= 4 is 16.3 Å². The van der Waals surface area contributed by atoms with Gasteiger partial charge in [0.2, 0.25) is 0 Å². The zero-order chi connectivity index (χ0) is 24.3. The molecule has 1 spiro atoms. The van der Waals surface area contributed by atoms with Crippen molar-refractivity contribution in [3.63, 3.8) is 0 Å². The van der Waals surface area contributed by atoms with E-state index in [1.165, 1.54) is 38.1 Å². The minimum Gasteiger partial charge on any atom is -0.359 e. The minimum atomic E-state index is -0.240. The van der Waals surface area contributed by atoms with Crippen molar-refractivity contribution in [2.24, 2.45) is 5.92 Å². The molecule has 1 N–H and O–H groups in total. The molecule has 2 bridgehead atoms. The maximum Gasteiger partial charge on any atom is 0.0975 e. The van der Waals surface area contributed by atoms with Gasteiger partial charge < -0.3 is 9.94 Å². The molecule has 184 valence electrons. The SMILES string of the molecule is CCC/C=C1/C=C2CC[C@](C)(N(C)O)C[C@]23CC[C@@]1([C@@H]1CC=C(c2ccc4ccncc4c2)C1)O3. The smallest absolute Gasteiger partial charge is 0.0975 e. The van der Waals surface area contributed by atoms with Crippen molar-refractivity contribution in [1.29, 1.82) is 0 Å². The number of pyridine rings is 1. The van der Waals surface area contributed by atoms with Crippen molar-refractivity contribution in [3.8, 4) is 0 Å². The van der Waals surface area contributed by atoms with E-state index in [0.29, 0.717) is 5.92 Å². The highest BCUT2D eigenvalue weighted by Crippen LogP contribution is 2.62. The number of aromatic nitrogens is 1. The number of fused-ring (bicyclic) bond motifs is 2. The summed E-state index contributed by atoms with van der Waals surface area (Å²) in [5, 5.41) is 14.3. The molecule has 1 aromatic carbocycles. The molecule has 4 aliphatic rings. The summed E-state index contributed by atoms with van der Waals surface area (Å²) in [6, 6.07) is 8.85. The molecule has 2 aliphatic heterocycles. The first-order valence-corrected chi connectivity index (χ1v) is 13.5. The second-order valence-corrected chi connectivity index (χ2v) is 11.6. The quantitative estimate of drug-likeness (QED) is 0.468. The fourth-order valence-electron chi connectivity index (χ4n) is 7.28. The van der Waals surface area contributed by atoms with Gasteiger partial charge in [-0.05, 0) is 97.6 Å². The Morgan fingerprint density at radius 3 is 2.91 bits per heavy atom. The van der Waals surface area contributed by atoms with E-state index in [2.05, 4.69) is 61.3 Å². The molecular weight excluding hydrogens is 432 g/mol. The number of allylic oxidation sites excluding steroid dienone is 3. The number of rotatable bonds is 5. The van der Waals surface area contributed by atoms with Crippen LogP contribution in [0.3, 0.4) is 0 Å². The highest BCUT2D eigenvalue weighted by molar-refractivity contribution is 5.85. The number of benzene rings is 1. The predicted molar refractivity (Wildman–Crippen MR) is 141 cm³/mol. The molecule has 3 heterocycles. The Morgan fingerprint density at radius 1 is 1.20 bits per heavy atom. The van der Waals surface area contributed by atoms with Crippen LogP contribution < -0.4 is 0 Å². The largest absolute Gasteiger partial charge is 0.359 e. The number of hydrogen-bond acceptors (Lipinski definition) is 4. The lowest BCUT2D eigenvalue weighted by Gasteiger charge is -2.52. The second kappa shape index (κ2) is 8.40. The standard InChI is InChI=1S/C31H38N2O2/c1-4-5-6-27-19-26-11-13-29(2,33(3)34)21-30(26)14-15-31(27,35-30)28-10-9-24(18-28)23-8-7-22-12-16-32-20-25(22)17-23/h6-9,12,16-17,19-20,28,34H,4-5,10-11,13-15,18,21H2,1-3H3/b27-6-/t28-,29+,30-,31-/m1/s1. The zero-order valence-corrected chi connectivity index (χ0v) is 21.4. The Balaban J connectivity index is 1.33. The van der Waals surface area contributed by atoms with E-state index in [1.807, 2.05) is 12.4 Å². The van der Waals surface area contributed by atoms with Crippen LogP contribution in [-0.4, -0.2) is 39.0 Å². The Hall–Kier alpha value is -2.27. The summed E-state index contributed by atoms with van der Waals surface area (Å²) < 4.78 is 7.35. The van der Waals surface area contributed by atoms with Crippen molar-refractivity contribution in [3.05, 3.63) is 71.6 Å². The van der Waals surface area contributed by atoms with E-state index in [1.54, 1.807) is 7.05 Å². The summed E-state index contributed by atoms with van der Waals surface area (Å²) in [6.45, 7) is 4.45. The lowest BCUT2D eigenvalue weighted by molar-refractivity contribution is -0.192. The molecule has 6 rings (SSSR count). The highest BCUT2D eigenvalue weighted by atomic mass is 16.5. The summed E-state index contributed by atoms with van der Waals surface area (Å²) >= 11 is 0. The third-order valence-electron chi connectivity index (χ3n) is 9.50. The third-order valence-corrected chi connectivity index (χ3v) is 9.50. The molecule has 0 unspecified atom stereocenters. The van der Waals surface area contributed by atoms with Gasteiger partial charge in [0.1, 0.15) is 0 Å². The molecule has 4 heteroatoms. The van der Waals surface area contributed by atoms with E-state index in [0.717, 1.165) is 57.8 Å². The molecule has 0 radical (unpaired) electrons. The third kappa shape index (κ3) is 3.64. The molecule has 0 amide bonds. The number of unbranched alkanes of at least 4 members (excludes halogenated alkanes) is 1. The van der Waals surface area contributed by atoms with Gasteiger partial charge in [-0.1, -0.05) is 43.7 Å². The second-order valence-electron chi connectivity index (χ2n) is 11.6. The van der Waals surface area contributed by atoms with Gasteiger partial charge in [-0.2, -0.15) is 5.06 Å². The van der Waals surface area contributed by atoms with Gasteiger partial charge >= 0.3 is 0 Å². The summed E-state index contributed by atoms with van der Waals surface area (Å²) in [5.74, 6) is 0.447. The number of ether oxygens (including phenoxy) is 1. The maximum absolute atomic E-state index is 10.5. The Labute approximate surface area is 209 Å². The fourth-order valence-corrected chi connectivity index (χ4v) is 7.28. The summed E-state index contributed by atoms with van der Waals surface area (Å²) in [5.41, 5.74) is 4.94. The molecule has 1 aromatic heterocycles. The van der Waals surface area contributed by atoms with E-state index in [9.17, 15) is 5.21 Å². The Bertz CT molecular complexity index is 1240. The van der Waals surface area contributed by atoms with Crippen LogP contribution in [0.4, 0.5) is 0 Å². The topological polar surface area (TPSA) is 45.6 Å². The molecule has 4 atom stereocenters. The van der Waals surface area contributed by atoms with Crippen LogP contribution in [0.25, 0.3) is 16.3 Å². The minimum absolute atomic E-state index is 0.221. The van der Waals surface area contributed by atoms with E-state index >= 15 is 0 Å². The van der Waals surface area contributed by atoms with Gasteiger partial charge in [0.25, 0.3) is 0 Å². The zero-order valence-electron chi connectivity index (χ0n) is 21.4. The molecule has 1 saturated carbocycles. The van der Waals surface area contributed by atoms with Crippen LogP contribution in [0.15, 0.2) is 66.0 Å². The number of hydroxylamine groups is 2. The normalized spacial score (nSPS) is 35.5.